The minimum absolute atomic E-state index is 0.126. The zero-order valence-electron chi connectivity index (χ0n) is 19.2. The molecular weight excluding hydrogens is 426 g/mol. The number of hydrogen-bond donors (Lipinski definition) is 0. The summed E-state index contributed by atoms with van der Waals surface area (Å²) in [4.78, 5) is 28.1. The van der Waals surface area contributed by atoms with Crippen molar-refractivity contribution in [3.05, 3.63) is 114 Å². The summed E-state index contributed by atoms with van der Waals surface area (Å²) >= 11 is 0. The number of ether oxygens (including phenoxy) is 2. The Balaban J connectivity index is 1.52. The first-order valence-electron chi connectivity index (χ1n) is 11.5. The standard InChI is InChI=1S/C29H29NO4/c1-33-29(32)26-20-25(34-19-11-14-22-12-5-2-6-13-22)21-30(26)28(31)27(23-15-7-3-8-16-23)24-17-9-4-10-18-24/h2-18,25-27H,19-21H2,1H3/b14-11-/t25-,26-/m0/s1. The van der Waals surface area contributed by atoms with E-state index in [1.165, 1.54) is 7.11 Å². The molecule has 5 heteroatoms. The Labute approximate surface area is 200 Å². The molecule has 0 radical (unpaired) electrons. The van der Waals surface area contributed by atoms with Crippen LogP contribution in [0, 0.1) is 0 Å². The van der Waals surface area contributed by atoms with E-state index in [2.05, 4.69) is 0 Å². The monoisotopic (exact) mass is 455 g/mol. The highest BCUT2D eigenvalue weighted by molar-refractivity contribution is 5.91. The van der Waals surface area contributed by atoms with Crippen LogP contribution in [-0.2, 0) is 19.1 Å². The second-order valence-electron chi connectivity index (χ2n) is 8.29. The Morgan fingerprint density at radius 1 is 0.912 bits per heavy atom. The number of amides is 1. The molecule has 34 heavy (non-hydrogen) atoms. The number of benzene rings is 3. The van der Waals surface area contributed by atoms with Gasteiger partial charge in [-0.1, -0.05) is 103 Å². The zero-order valence-corrected chi connectivity index (χ0v) is 19.2. The molecule has 5 nitrogen and oxygen atoms in total. The molecule has 0 saturated carbocycles. The van der Waals surface area contributed by atoms with Gasteiger partial charge in [-0.25, -0.2) is 4.79 Å². The summed E-state index contributed by atoms with van der Waals surface area (Å²) in [5, 5.41) is 0. The lowest BCUT2D eigenvalue weighted by atomic mass is 9.90. The second-order valence-corrected chi connectivity index (χ2v) is 8.29. The van der Waals surface area contributed by atoms with Gasteiger partial charge in [0.2, 0.25) is 5.91 Å². The fourth-order valence-electron chi connectivity index (χ4n) is 4.40. The van der Waals surface area contributed by atoms with Crippen molar-refractivity contribution >= 4 is 18.0 Å². The maximum absolute atomic E-state index is 13.9. The molecule has 0 bridgehead atoms. The van der Waals surface area contributed by atoms with Gasteiger partial charge >= 0.3 is 5.97 Å². The summed E-state index contributed by atoms with van der Waals surface area (Å²) in [7, 11) is 1.35. The normalized spacial score (nSPS) is 17.9. The highest BCUT2D eigenvalue weighted by Crippen LogP contribution is 2.31. The molecule has 0 N–H and O–H groups in total. The molecule has 1 aliphatic rings. The van der Waals surface area contributed by atoms with Crippen LogP contribution < -0.4 is 0 Å². The maximum atomic E-state index is 13.9. The molecule has 1 fully saturated rings. The molecule has 0 spiro atoms. The van der Waals surface area contributed by atoms with E-state index in [4.69, 9.17) is 9.47 Å². The van der Waals surface area contributed by atoms with Crippen LogP contribution in [0.5, 0.6) is 0 Å². The zero-order chi connectivity index (χ0) is 23.8. The van der Waals surface area contributed by atoms with Crippen LogP contribution in [0.3, 0.4) is 0 Å². The topological polar surface area (TPSA) is 55.8 Å². The summed E-state index contributed by atoms with van der Waals surface area (Å²) in [5.74, 6) is -1.05. The van der Waals surface area contributed by atoms with E-state index < -0.39 is 17.9 Å². The summed E-state index contributed by atoms with van der Waals surface area (Å²) in [6.07, 6.45) is 4.11. The fourth-order valence-corrected chi connectivity index (χ4v) is 4.40. The smallest absolute Gasteiger partial charge is 0.328 e. The van der Waals surface area contributed by atoms with Crippen LogP contribution in [0.1, 0.15) is 29.0 Å². The largest absolute Gasteiger partial charge is 0.467 e. The quantitative estimate of drug-likeness (QED) is 0.463. The number of rotatable bonds is 8. The minimum Gasteiger partial charge on any atom is -0.467 e. The molecule has 1 aliphatic heterocycles. The number of nitrogens with zero attached hydrogens (tertiary/aromatic N) is 1. The van der Waals surface area contributed by atoms with Crippen molar-refractivity contribution in [1.82, 2.24) is 4.90 Å². The Kier molecular flexibility index (Phi) is 7.89. The van der Waals surface area contributed by atoms with Crippen LogP contribution in [0.25, 0.3) is 6.08 Å². The number of carbonyl (C=O) groups is 2. The molecule has 1 heterocycles. The Bertz CT molecular complexity index is 1060. The third-order valence-electron chi connectivity index (χ3n) is 6.07. The first-order valence-corrected chi connectivity index (χ1v) is 11.5. The average Bonchev–Trinajstić information content (AvgIpc) is 3.32. The van der Waals surface area contributed by atoms with Crippen molar-refractivity contribution in [3.8, 4) is 0 Å². The molecule has 0 aliphatic carbocycles. The third kappa shape index (κ3) is 5.61. The molecule has 4 rings (SSSR count). The van der Waals surface area contributed by atoms with E-state index in [1.54, 1.807) is 4.90 Å². The van der Waals surface area contributed by atoms with Crippen molar-refractivity contribution < 1.29 is 19.1 Å². The van der Waals surface area contributed by atoms with Gasteiger partial charge in [-0.3, -0.25) is 4.79 Å². The van der Waals surface area contributed by atoms with Crippen LogP contribution in [-0.4, -0.2) is 49.2 Å². The average molecular weight is 456 g/mol. The summed E-state index contributed by atoms with van der Waals surface area (Å²) in [6.45, 7) is 0.740. The fraction of sp³-hybridized carbons (Fsp3) is 0.241. The molecule has 0 unspecified atom stereocenters. The van der Waals surface area contributed by atoms with Gasteiger partial charge < -0.3 is 14.4 Å². The van der Waals surface area contributed by atoms with Crippen molar-refractivity contribution in [1.29, 1.82) is 0 Å². The van der Waals surface area contributed by atoms with Crippen molar-refractivity contribution in [2.45, 2.75) is 24.5 Å². The summed E-state index contributed by atoms with van der Waals surface area (Å²) in [5.41, 5.74) is 2.87. The van der Waals surface area contributed by atoms with Gasteiger partial charge in [0.1, 0.15) is 6.04 Å². The van der Waals surface area contributed by atoms with Gasteiger partial charge in [0, 0.05) is 13.0 Å². The number of esters is 1. The van der Waals surface area contributed by atoms with E-state index >= 15 is 0 Å². The molecule has 1 amide bonds. The lowest BCUT2D eigenvalue weighted by Gasteiger charge is -2.28. The van der Waals surface area contributed by atoms with E-state index in [0.29, 0.717) is 19.6 Å². The van der Waals surface area contributed by atoms with E-state index in [-0.39, 0.29) is 12.0 Å². The number of hydrogen-bond acceptors (Lipinski definition) is 4. The summed E-state index contributed by atoms with van der Waals surface area (Å²) < 4.78 is 11.1. The molecule has 3 aromatic carbocycles. The third-order valence-corrected chi connectivity index (χ3v) is 6.07. The molecule has 2 atom stereocenters. The number of carbonyl (C=O) groups excluding carboxylic acids is 2. The van der Waals surface area contributed by atoms with E-state index in [0.717, 1.165) is 16.7 Å². The SMILES string of the molecule is COC(=O)[C@@H]1C[C@H](OC/C=C\c2ccccc2)CN1C(=O)C(c1ccccc1)c1ccccc1. The highest BCUT2D eigenvalue weighted by Gasteiger charge is 2.43. The Hall–Kier alpha value is -3.70. The molecule has 3 aromatic rings. The predicted octanol–water partition coefficient (Wildman–Crippen LogP) is 4.69. The lowest BCUT2D eigenvalue weighted by molar-refractivity contribution is -0.151. The van der Waals surface area contributed by atoms with E-state index in [1.807, 2.05) is 103 Å². The van der Waals surface area contributed by atoms with Gasteiger partial charge in [-0.2, -0.15) is 0 Å². The first-order chi connectivity index (χ1) is 16.7. The highest BCUT2D eigenvalue weighted by atomic mass is 16.5. The second kappa shape index (κ2) is 11.4. The van der Waals surface area contributed by atoms with Gasteiger partial charge in [-0.15, -0.1) is 0 Å². The number of methoxy groups -OCH3 is 1. The maximum Gasteiger partial charge on any atom is 0.328 e. The van der Waals surface area contributed by atoms with Crippen molar-refractivity contribution in [2.24, 2.45) is 0 Å². The minimum atomic E-state index is -0.671. The van der Waals surface area contributed by atoms with Crippen LogP contribution in [0.15, 0.2) is 97.1 Å². The molecular formula is C29H29NO4. The number of likely N-dealkylation sites (tertiary alicyclic amines) is 1. The van der Waals surface area contributed by atoms with Crippen LogP contribution in [0.4, 0.5) is 0 Å². The van der Waals surface area contributed by atoms with Crippen LogP contribution in [0.2, 0.25) is 0 Å². The van der Waals surface area contributed by atoms with Crippen LogP contribution >= 0.6 is 0 Å². The first kappa shape index (κ1) is 23.5. The van der Waals surface area contributed by atoms with Gasteiger partial charge in [0.15, 0.2) is 0 Å². The van der Waals surface area contributed by atoms with Gasteiger partial charge in [-0.05, 0) is 16.7 Å². The molecule has 174 valence electrons. The molecule has 1 saturated heterocycles. The summed E-state index contributed by atoms with van der Waals surface area (Å²) in [6, 6.07) is 28.6. The van der Waals surface area contributed by atoms with Crippen molar-refractivity contribution in [3.63, 3.8) is 0 Å². The molecule has 0 aromatic heterocycles. The Morgan fingerprint density at radius 2 is 1.47 bits per heavy atom. The lowest BCUT2D eigenvalue weighted by Crippen LogP contribution is -2.43. The van der Waals surface area contributed by atoms with Crippen molar-refractivity contribution in [2.75, 3.05) is 20.3 Å². The Morgan fingerprint density at radius 3 is 2.03 bits per heavy atom. The predicted molar refractivity (Wildman–Crippen MR) is 132 cm³/mol. The van der Waals surface area contributed by atoms with Gasteiger partial charge in [0.05, 0.1) is 25.7 Å². The van der Waals surface area contributed by atoms with Gasteiger partial charge in [0.25, 0.3) is 0 Å². The van der Waals surface area contributed by atoms with E-state index in [9.17, 15) is 9.59 Å².